The Morgan fingerprint density at radius 2 is 1.95 bits per heavy atom. The van der Waals surface area contributed by atoms with E-state index in [1.807, 2.05) is 30.3 Å². The van der Waals surface area contributed by atoms with Crippen LogP contribution < -0.4 is 4.74 Å². The summed E-state index contributed by atoms with van der Waals surface area (Å²) >= 11 is 0. The molecule has 1 N–H and O–H groups in total. The second-order valence-electron chi connectivity index (χ2n) is 5.25. The average Bonchev–Trinajstić information content (AvgIpc) is 2.54. The summed E-state index contributed by atoms with van der Waals surface area (Å²) in [6.07, 6.45) is 0.900. The summed E-state index contributed by atoms with van der Waals surface area (Å²) in [6, 6.07) is 13.1. The summed E-state index contributed by atoms with van der Waals surface area (Å²) < 4.78 is 11.2. The van der Waals surface area contributed by atoms with Gasteiger partial charge in [0.05, 0.1) is 25.4 Å². The number of hydrogen-bond acceptors (Lipinski definition) is 4. The topological polar surface area (TPSA) is 55.8 Å². The molecule has 1 heterocycles. The maximum Gasteiger partial charge on any atom is 0.170 e. The smallest absolute Gasteiger partial charge is 0.170 e. The third kappa shape index (κ3) is 3.12. The molecule has 22 heavy (non-hydrogen) atoms. The molecule has 0 atom stereocenters. The number of phenolic OH excluding ortho intramolecular Hbond substituents is 1. The van der Waals surface area contributed by atoms with Crippen LogP contribution in [-0.4, -0.2) is 24.1 Å². The predicted molar refractivity (Wildman–Crippen MR) is 82.4 cm³/mol. The minimum absolute atomic E-state index is 0.0627. The first kappa shape index (κ1) is 14.6. The zero-order chi connectivity index (χ0) is 15.4. The molecule has 0 unspecified atom stereocenters. The number of ether oxygens (including phenoxy) is 2. The first-order chi connectivity index (χ1) is 10.8. The van der Waals surface area contributed by atoms with Crippen molar-refractivity contribution in [3.8, 4) is 11.5 Å². The van der Waals surface area contributed by atoms with E-state index in [4.69, 9.17) is 9.47 Å². The molecule has 0 aromatic heterocycles. The quantitative estimate of drug-likeness (QED) is 0.862. The minimum atomic E-state index is 0.0627. The van der Waals surface area contributed by atoms with Gasteiger partial charge in [-0.15, -0.1) is 0 Å². The third-order valence-corrected chi connectivity index (χ3v) is 3.72. The third-order valence-electron chi connectivity index (χ3n) is 3.72. The number of ketones is 1. The summed E-state index contributed by atoms with van der Waals surface area (Å²) in [5.74, 6) is 0.726. The lowest BCUT2D eigenvalue weighted by Crippen LogP contribution is -2.17. The Morgan fingerprint density at radius 1 is 1.14 bits per heavy atom. The van der Waals surface area contributed by atoms with Crippen molar-refractivity contribution in [2.75, 3.05) is 13.2 Å². The summed E-state index contributed by atoms with van der Waals surface area (Å²) in [5.41, 5.74) is 2.31. The molecule has 2 aromatic rings. The van der Waals surface area contributed by atoms with E-state index in [2.05, 4.69) is 0 Å². The van der Waals surface area contributed by atoms with Crippen molar-refractivity contribution in [3.05, 3.63) is 59.2 Å². The van der Waals surface area contributed by atoms with Crippen molar-refractivity contribution in [1.29, 1.82) is 0 Å². The molecule has 114 valence electrons. The van der Waals surface area contributed by atoms with Crippen molar-refractivity contribution in [2.45, 2.75) is 19.4 Å². The molecule has 4 nitrogen and oxygen atoms in total. The van der Waals surface area contributed by atoms with Crippen LogP contribution in [-0.2, 0) is 17.8 Å². The van der Waals surface area contributed by atoms with Crippen LogP contribution in [0.25, 0.3) is 0 Å². The fraction of sp³-hybridized carbons (Fsp3) is 0.278. The zero-order valence-electron chi connectivity index (χ0n) is 12.2. The molecule has 4 heteroatoms. The highest BCUT2D eigenvalue weighted by Gasteiger charge is 2.23. The second-order valence-corrected chi connectivity index (χ2v) is 5.25. The normalized spacial score (nSPS) is 13.5. The first-order valence-corrected chi connectivity index (χ1v) is 7.38. The maximum absolute atomic E-state index is 11.9. The number of Topliss-reactive ketones (excluding diaryl/α,β-unsaturated/α-hetero) is 1. The highest BCUT2D eigenvalue weighted by Crippen LogP contribution is 2.35. The molecule has 0 spiro atoms. The van der Waals surface area contributed by atoms with E-state index in [-0.39, 0.29) is 11.5 Å². The lowest BCUT2D eigenvalue weighted by atomic mass is 9.99. The first-order valence-electron chi connectivity index (χ1n) is 7.38. The summed E-state index contributed by atoms with van der Waals surface area (Å²) in [7, 11) is 0. The molecule has 0 radical (unpaired) electrons. The van der Waals surface area contributed by atoms with E-state index < -0.39 is 0 Å². The van der Waals surface area contributed by atoms with Crippen LogP contribution in [0.5, 0.6) is 11.5 Å². The monoisotopic (exact) mass is 298 g/mol. The molecular weight excluding hydrogens is 280 g/mol. The summed E-state index contributed by atoms with van der Waals surface area (Å²) in [4.78, 5) is 11.9. The number of benzene rings is 2. The molecule has 0 amide bonds. The molecule has 2 aromatic carbocycles. The minimum Gasteiger partial charge on any atom is -0.508 e. The van der Waals surface area contributed by atoms with E-state index in [0.29, 0.717) is 49.5 Å². The molecular formula is C18H18O4. The van der Waals surface area contributed by atoms with Gasteiger partial charge in [0.25, 0.3) is 0 Å². The van der Waals surface area contributed by atoms with Crippen molar-refractivity contribution in [1.82, 2.24) is 0 Å². The van der Waals surface area contributed by atoms with Crippen molar-refractivity contribution in [3.63, 3.8) is 0 Å². The molecule has 0 saturated heterocycles. The Hall–Kier alpha value is -2.33. The van der Waals surface area contributed by atoms with Crippen molar-refractivity contribution >= 4 is 5.78 Å². The van der Waals surface area contributed by atoms with Crippen LogP contribution in [0.1, 0.15) is 27.9 Å². The molecule has 1 aliphatic rings. The van der Waals surface area contributed by atoms with Gasteiger partial charge in [0, 0.05) is 18.4 Å². The fourth-order valence-corrected chi connectivity index (χ4v) is 2.56. The lowest BCUT2D eigenvalue weighted by Gasteiger charge is -2.20. The van der Waals surface area contributed by atoms with Gasteiger partial charge in [-0.2, -0.15) is 0 Å². The lowest BCUT2D eigenvalue weighted by molar-refractivity contribution is 0.0930. The molecule has 0 aliphatic carbocycles. The highest BCUT2D eigenvalue weighted by molar-refractivity contribution is 6.00. The number of carbonyl (C=O) groups is 1. The second kappa shape index (κ2) is 6.62. The number of hydrogen-bond donors (Lipinski definition) is 1. The molecule has 3 rings (SSSR count). The fourth-order valence-electron chi connectivity index (χ4n) is 2.56. The van der Waals surface area contributed by atoms with Gasteiger partial charge in [0.15, 0.2) is 5.78 Å². The van der Waals surface area contributed by atoms with Crippen LogP contribution in [0.4, 0.5) is 0 Å². The van der Waals surface area contributed by atoms with E-state index in [9.17, 15) is 9.90 Å². The van der Waals surface area contributed by atoms with Gasteiger partial charge in [0.2, 0.25) is 0 Å². The molecule has 0 bridgehead atoms. The maximum atomic E-state index is 11.9. The van der Waals surface area contributed by atoms with Crippen LogP contribution in [0.15, 0.2) is 42.5 Å². The Labute approximate surface area is 129 Å². The number of carbonyl (C=O) groups excluding carboxylic acids is 1. The summed E-state index contributed by atoms with van der Waals surface area (Å²) in [5, 5.41) is 10.0. The summed E-state index contributed by atoms with van der Waals surface area (Å²) in [6.45, 7) is 1.35. The molecule has 0 fully saturated rings. The van der Waals surface area contributed by atoms with Crippen LogP contribution in [0, 0.1) is 0 Å². The Kier molecular flexibility index (Phi) is 4.39. The van der Waals surface area contributed by atoms with Gasteiger partial charge < -0.3 is 14.6 Å². The molecule has 1 aliphatic heterocycles. The SMILES string of the molecule is O=C1CCOc2c1ccc(O)c2CCOCc1ccccc1. The number of phenols is 1. The predicted octanol–water partition coefficient (Wildman–Crippen LogP) is 3.12. The van der Waals surface area contributed by atoms with Crippen molar-refractivity contribution < 1.29 is 19.4 Å². The zero-order valence-corrected chi connectivity index (χ0v) is 12.2. The van der Waals surface area contributed by atoms with Crippen LogP contribution in [0.3, 0.4) is 0 Å². The van der Waals surface area contributed by atoms with Crippen molar-refractivity contribution in [2.24, 2.45) is 0 Å². The van der Waals surface area contributed by atoms with Gasteiger partial charge in [-0.3, -0.25) is 4.79 Å². The Bertz CT molecular complexity index is 664. The number of aromatic hydroxyl groups is 1. The Balaban J connectivity index is 1.65. The van der Waals surface area contributed by atoms with Gasteiger partial charge >= 0.3 is 0 Å². The van der Waals surface area contributed by atoms with Gasteiger partial charge in [0.1, 0.15) is 11.5 Å². The van der Waals surface area contributed by atoms with Crippen LogP contribution in [0.2, 0.25) is 0 Å². The number of fused-ring (bicyclic) bond motifs is 1. The van der Waals surface area contributed by atoms with E-state index >= 15 is 0 Å². The average molecular weight is 298 g/mol. The van der Waals surface area contributed by atoms with Gasteiger partial charge in [-0.25, -0.2) is 0 Å². The standard InChI is InChI=1S/C18H18O4/c19-16-7-6-14-17(20)9-11-22-18(14)15(16)8-10-21-12-13-4-2-1-3-5-13/h1-7,19H,8-12H2. The van der Waals surface area contributed by atoms with E-state index in [1.54, 1.807) is 12.1 Å². The molecule has 0 saturated carbocycles. The largest absolute Gasteiger partial charge is 0.508 e. The van der Waals surface area contributed by atoms with Gasteiger partial charge in [-0.1, -0.05) is 30.3 Å². The Morgan fingerprint density at radius 3 is 2.77 bits per heavy atom. The highest BCUT2D eigenvalue weighted by atomic mass is 16.5. The van der Waals surface area contributed by atoms with Crippen LogP contribution >= 0.6 is 0 Å². The van der Waals surface area contributed by atoms with Gasteiger partial charge in [-0.05, 0) is 17.7 Å². The number of rotatable bonds is 5. The van der Waals surface area contributed by atoms with E-state index in [1.165, 1.54) is 0 Å². The van der Waals surface area contributed by atoms with E-state index in [0.717, 1.165) is 5.56 Å².